The minimum Gasteiger partial charge on any atom is -0.374 e. The predicted molar refractivity (Wildman–Crippen MR) is 44.6 cm³/mol. The molecule has 1 unspecified atom stereocenters. The highest BCUT2D eigenvalue weighted by Crippen LogP contribution is 1.98. The smallest absolute Gasteiger partial charge is 0.261 e. The first-order chi connectivity index (χ1) is 5.70. The number of likely N-dealkylation sites (N-methyl/N-ethyl adjacent to an activating group) is 1. The van der Waals surface area contributed by atoms with E-state index in [-0.39, 0.29) is 6.04 Å². The van der Waals surface area contributed by atoms with Crippen molar-refractivity contribution in [3.63, 3.8) is 0 Å². The molecule has 12 heavy (non-hydrogen) atoms. The molecule has 0 aliphatic heterocycles. The van der Waals surface area contributed by atoms with Crippen LogP contribution in [0.15, 0.2) is 0 Å². The molecular weight excluding hydrogens is 164 g/mol. The van der Waals surface area contributed by atoms with Gasteiger partial charge in [0.15, 0.2) is 0 Å². The summed E-state index contributed by atoms with van der Waals surface area (Å²) in [7, 11) is 1.81. The van der Waals surface area contributed by atoms with E-state index in [2.05, 4.69) is 12.2 Å². The van der Waals surface area contributed by atoms with Gasteiger partial charge in [-0.3, -0.25) is 0 Å². The van der Waals surface area contributed by atoms with Crippen LogP contribution in [0, 0.1) is 0 Å². The lowest BCUT2D eigenvalue weighted by Gasteiger charge is -2.14. The second kappa shape index (κ2) is 7.43. The van der Waals surface area contributed by atoms with Gasteiger partial charge in [0.25, 0.3) is 6.43 Å². The molecule has 4 heteroatoms. The van der Waals surface area contributed by atoms with Crippen molar-refractivity contribution in [3.05, 3.63) is 0 Å². The van der Waals surface area contributed by atoms with Crippen LogP contribution >= 0.6 is 0 Å². The van der Waals surface area contributed by atoms with E-state index in [1.807, 2.05) is 7.05 Å². The van der Waals surface area contributed by atoms with E-state index in [0.717, 1.165) is 12.8 Å². The van der Waals surface area contributed by atoms with Gasteiger partial charge in [-0.2, -0.15) is 0 Å². The molecule has 0 aliphatic carbocycles. The van der Waals surface area contributed by atoms with Gasteiger partial charge in [-0.15, -0.1) is 0 Å². The number of alkyl halides is 2. The fourth-order valence-electron chi connectivity index (χ4n) is 0.959. The van der Waals surface area contributed by atoms with Crippen LogP contribution in [0.4, 0.5) is 8.78 Å². The Morgan fingerprint density at radius 2 is 2.00 bits per heavy atom. The van der Waals surface area contributed by atoms with E-state index in [0.29, 0.717) is 6.61 Å². The molecule has 0 amide bonds. The third-order valence-corrected chi connectivity index (χ3v) is 1.61. The van der Waals surface area contributed by atoms with Crippen LogP contribution < -0.4 is 5.32 Å². The normalized spacial score (nSPS) is 13.8. The molecule has 0 aromatic rings. The van der Waals surface area contributed by atoms with E-state index in [1.165, 1.54) is 0 Å². The van der Waals surface area contributed by atoms with Crippen molar-refractivity contribution in [3.8, 4) is 0 Å². The summed E-state index contributed by atoms with van der Waals surface area (Å²) in [5.74, 6) is 0. The van der Waals surface area contributed by atoms with Crippen molar-refractivity contribution in [2.24, 2.45) is 0 Å². The highest BCUT2D eigenvalue weighted by molar-refractivity contribution is 4.61. The first-order valence-electron chi connectivity index (χ1n) is 4.23. The SMILES string of the molecule is CCCC(COCC(F)F)NC. The fraction of sp³-hybridized carbons (Fsp3) is 1.00. The first-order valence-corrected chi connectivity index (χ1v) is 4.23. The van der Waals surface area contributed by atoms with Crippen LogP contribution in [-0.2, 0) is 4.74 Å². The summed E-state index contributed by atoms with van der Waals surface area (Å²) in [6.07, 6.45) is -0.368. The zero-order valence-electron chi connectivity index (χ0n) is 7.65. The van der Waals surface area contributed by atoms with Gasteiger partial charge in [0.2, 0.25) is 0 Å². The largest absolute Gasteiger partial charge is 0.374 e. The number of halogens is 2. The molecule has 0 saturated heterocycles. The molecule has 74 valence electrons. The third kappa shape index (κ3) is 6.49. The zero-order valence-corrected chi connectivity index (χ0v) is 7.65. The van der Waals surface area contributed by atoms with Crippen LogP contribution in [0.5, 0.6) is 0 Å². The summed E-state index contributed by atoms with van der Waals surface area (Å²) in [6.45, 7) is 1.97. The lowest BCUT2D eigenvalue weighted by Crippen LogP contribution is -2.30. The van der Waals surface area contributed by atoms with Gasteiger partial charge in [-0.25, -0.2) is 8.78 Å². The van der Waals surface area contributed by atoms with Gasteiger partial charge in [0.1, 0.15) is 6.61 Å². The van der Waals surface area contributed by atoms with Crippen LogP contribution in [0.25, 0.3) is 0 Å². The molecule has 0 fully saturated rings. The van der Waals surface area contributed by atoms with E-state index < -0.39 is 13.0 Å². The predicted octanol–water partition coefficient (Wildman–Crippen LogP) is 1.66. The van der Waals surface area contributed by atoms with E-state index in [1.54, 1.807) is 0 Å². The number of rotatable bonds is 7. The Kier molecular flexibility index (Phi) is 7.29. The molecule has 2 nitrogen and oxygen atoms in total. The van der Waals surface area contributed by atoms with Crippen molar-refractivity contribution in [2.45, 2.75) is 32.2 Å². The van der Waals surface area contributed by atoms with Crippen molar-refractivity contribution in [1.29, 1.82) is 0 Å². The average molecular weight is 181 g/mol. The summed E-state index contributed by atoms with van der Waals surface area (Å²) in [6, 6.07) is 0.203. The summed E-state index contributed by atoms with van der Waals surface area (Å²) >= 11 is 0. The molecule has 0 aromatic heterocycles. The second-order valence-corrected chi connectivity index (χ2v) is 2.70. The molecule has 1 atom stereocenters. The van der Waals surface area contributed by atoms with Crippen LogP contribution in [0.3, 0.4) is 0 Å². The molecular formula is C8H17F2NO. The Hall–Kier alpha value is -0.220. The number of ether oxygens (including phenoxy) is 1. The first kappa shape index (κ1) is 11.8. The molecule has 0 rings (SSSR count). The number of hydrogen-bond donors (Lipinski definition) is 1. The molecule has 0 aromatic carbocycles. The Morgan fingerprint density at radius 3 is 2.42 bits per heavy atom. The van der Waals surface area contributed by atoms with Crippen molar-refractivity contribution < 1.29 is 13.5 Å². The van der Waals surface area contributed by atoms with Crippen molar-refractivity contribution in [1.82, 2.24) is 5.32 Å². The molecule has 0 bridgehead atoms. The lowest BCUT2D eigenvalue weighted by atomic mass is 10.2. The van der Waals surface area contributed by atoms with E-state index >= 15 is 0 Å². The van der Waals surface area contributed by atoms with Crippen LogP contribution in [0.2, 0.25) is 0 Å². The average Bonchev–Trinajstić information content (AvgIpc) is 2.02. The maximum absolute atomic E-state index is 11.6. The minimum absolute atomic E-state index is 0.203. The van der Waals surface area contributed by atoms with Gasteiger partial charge in [0, 0.05) is 6.04 Å². The fourth-order valence-corrected chi connectivity index (χ4v) is 0.959. The van der Waals surface area contributed by atoms with Gasteiger partial charge >= 0.3 is 0 Å². The summed E-state index contributed by atoms with van der Waals surface area (Å²) in [5.41, 5.74) is 0. The topological polar surface area (TPSA) is 21.3 Å². The minimum atomic E-state index is -2.36. The Balaban J connectivity index is 3.31. The lowest BCUT2D eigenvalue weighted by molar-refractivity contribution is 0.00932. The van der Waals surface area contributed by atoms with Gasteiger partial charge in [-0.1, -0.05) is 13.3 Å². The maximum atomic E-state index is 11.6. The van der Waals surface area contributed by atoms with Crippen LogP contribution in [-0.4, -0.2) is 32.7 Å². The maximum Gasteiger partial charge on any atom is 0.261 e. The Morgan fingerprint density at radius 1 is 1.33 bits per heavy atom. The molecule has 0 saturated carbocycles. The molecule has 0 spiro atoms. The van der Waals surface area contributed by atoms with Gasteiger partial charge < -0.3 is 10.1 Å². The molecule has 0 aliphatic rings. The Labute approximate surface area is 72.3 Å². The van der Waals surface area contributed by atoms with Crippen molar-refractivity contribution >= 4 is 0 Å². The monoisotopic (exact) mass is 181 g/mol. The number of nitrogens with one attached hydrogen (secondary N) is 1. The quantitative estimate of drug-likeness (QED) is 0.645. The van der Waals surface area contributed by atoms with E-state index in [4.69, 9.17) is 4.74 Å². The van der Waals surface area contributed by atoms with Crippen LogP contribution in [0.1, 0.15) is 19.8 Å². The van der Waals surface area contributed by atoms with E-state index in [9.17, 15) is 8.78 Å². The number of hydrogen-bond acceptors (Lipinski definition) is 2. The summed E-state index contributed by atoms with van der Waals surface area (Å²) in [4.78, 5) is 0. The standard InChI is InChI=1S/C8H17F2NO/c1-3-4-7(11-2)5-12-6-8(9)10/h7-8,11H,3-6H2,1-2H3. The molecule has 1 N–H and O–H groups in total. The van der Waals surface area contributed by atoms with Gasteiger partial charge in [0.05, 0.1) is 6.61 Å². The van der Waals surface area contributed by atoms with Gasteiger partial charge in [-0.05, 0) is 13.5 Å². The highest BCUT2D eigenvalue weighted by Gasteiger charge is 2.07. The summed E-state index contributed by atoms with van der Waals surface area (Å²) in [5, 5.41) is 3.01. The van der Waals surface area contributed by atoms with Crippen molar-refractivity contribution in [2.75, 3.05) is 20.3 Å². The second-order valence-electron chi connectivity index (χ2n) is 2.70. The molecule has 0 radical (unpaired) electrons. The summed E-state index contributed by atoms with van der Waals surface area (Å²) < 4.78 is 28.0. The highest BCUT2D eigenvalue weighted by atomic mass is 19.3. The third-order valence-electron chi connectivity index (χ3n) is 1.61. The zero-order chi connectivity index (χ0) is 9.40. The molecule has 0 heterocycles. The Bertz CT molecular complexity index is 101.